The molecule has 1 atom stereocenters. The maximum Gasteiger partial charge on any atom is 0.240 e. The lowest BCUT2D eigenvalue weighted by atomic mass is 9.83. The van der Waals surface area contributed by atoms with Crippen LogP contribution in [0.2, 0.25) is 0 Å². The van der Waals surface area contributed by atoms with Crippen molar-refractivity contribution in [1.82, 2.24) is 0 Å². The zero-order chi connectivity index (χ0) is 11.6. The third-order valence-corrected chi connectivity index (χ3v) is 4.00. The SMILES string of the molecule is NC(=O)C(N)(COCCC1CCC1)C1CC1. The second kappa shape index (κ2) is 4.72. The third kappa shape index (κ3) is 2.55. The van der Waals surface area contributed by atoms with E-state index in [0.717, 1.165) is 25.2 Å². The number of nitrogens with two attached hydrogens (primary N) is 2. The molecule has 0 aliphatic heterocycles. The Balaban J connectivity index is 1.67. The molecule has 2 aliphatic rings. The highest BCUT2D eigenvalue weighted by Crippen LogP contribution is 2.38. The van der Waals surface area contributed by atoms with E-state index in [1.165, 1.54) is 19.3 Å². The minimum atomic E-state index is -0.917. The van der Waals surface area contributed by atoms with Crippen LogP contribution in [0, 0.1) is 11.8 Å². The Hall–Kier alpha value is -0.610. The van der Waals surface area contributed by atoms with E-state index in [2.05, 4.69) is 0 Å². The van der Waals surface area contributed by atoms with Gasteiger partial charge in [-0.25, -0.2) is 0 Å². The van der Waals surface area contributed by atoms with Crippen LogP contribution < -0.4 is 11.5 Å². The van der Waals surface area contributed by atoms with E-state index >= 15 is 0 Å². The Morgan fingerprint density at radius 2 is 2.00 bits per heavy atom. The van der Waals surface area contributed by atoms with Crippen LogP contribution in [0.5, 0.6) is 0 Å². The van der Waals surface area contributed by atoms with Crippen LogP contribution in [0.4, 0.5) is 0 Å². The highest BCUT2D eigenvalue weighted by atomic mass is 16.5. The molecule has 92 valence electrons. The number of hydrogen-bond donors (Lipinski definition) is 2. The van der Waals surface area contributed by atoms with Crippen LogP contribution >= 0.6 is 0 Å². The van der Waals surface area contributed by atoms with Gasteiger partial charge in [-0.3, -0.25) is 4.79 Å². The Labute approximate surface area is 96.7 Å². The maximum atomic E-state index is 11.3. The first-order valence-electron chi connectivity index (χ1n) is 6.29. The van der Waals surface area contributed by atoms with Crippen molar-refractivity contribution >= 4 is 5.91 Å². The van der Waals surface area contributed by atoms with Gasteiger partial charge in [-0.05, 0) is 31.1 Å². The molecule has 0 aromatic rings. The molecule has 4 nitrogen and oxygen atoms in total. The minimum absolute atomic E-state index is 0.244. The molecule has 0 aromatic carbocycles. The van der Waals surface area contributed by atoms with Gasteiger partial charge in [0.25, 0.3) is 0 Å². The van der Waals surface area contributed by atoms with E-state index in [9.17, 15) is 4.79 Å². The van der Waals surface area contributed by atoms with Gasteiger partial charge in [0.05, 0.1) is 6.61 Å². The Morgan fingerprint density at radius 3 is 2.44 bits per heavy atom. The van der Waals surface area contributed by atoms with Crippen LogP contribution in [0.25, 0.3) is 0 Å². The van der Waals surface area contributed by atoms with Gasteiger partial charge < -0.3 is 16.2 Å². The molecule has 1 unspecified atom stereocenters. The third-order valence-electron chi connectivity index (χ3n) is 4.00. The number of hydrogen-bond acceptors (Lipinski definition) is 3. The molecule has 0 bridgehead atoms. The summed E-state index contributed by atoms with van der Waals surface area (Å²) in [5.74, 6) is 0.661. The number of carbonyl (C=O) groups is 1. The van der Waals surface area contributed by atoms with Crippen molar-refractivity contribution in [1.29, 1.82) is 0 Å². The highest BCUT2D eigenvalue weighted by Gasteiger charge is 2.47. The number of primary amides is 1. The first kappa shape index (κ1) is 11.9. The van der Waals surface area contributed by atoms with Crippen LogP contribution in [0.1, 0.15) is 38.5 Å². The predicted octanol–water partition coefficient (Wildman–Crippen LogP) is 0.786. The molecule has 0 spiro atoms. The molecule has 2 rings (SSSR count). The lowest BCUT2D eigenvalue weighted by Crippen LogP contribution is -2.57. The van der Waals surface area contributed by atoms with Crippen molar-refractivity contribution in [2.24, 2.45) is 23.3 Å². The molecular formula is C12H22N2O2. The predicted molar refractivity (Wildman–Crippen MR) is 61.6 cm³/mol. The van der Waals surface area contributed by atoms with Crippen molar-refractivity contribution in [3.8, 4) is 0 Å². The van der Waals surface area contributed by atoms with E-state index < -0.39 is 11.4 Å². The molecular weight excluding hydrogens is 204 g/mol. The molecule has 4 heteroatoms. The summed E-state index contributed by atoms with van der Waals surface area (Å²) in [6.07, 6.45) is 7.12. The lowest BCUT2D eigenvalue weighted by molar-refractivity contribution is -0.126. The van der Waals surface area contributed by atoms with E-state index in [4.69, 9.17) is 16.2 Å². The van der Waals surface area contributed by atoms with Gasteiger partial charge in [-0.15, -0.1) is 0 Å². The summed E-state index contributed by atoms with van der Waals surface area (Å²) < 4.78 is 5.54. The number of amides is 1. The molecule has 0 saturated heterocycles. The van der Waals surface area contributed by atoms with Gasteiger partial charge in [-0.2, -0.15) is 0 Å². The summed E-state index contributed by atoms with van der Waals surface area (Å²) in [6, 6.07) is 0. The second-order valence-corrected chi connectivity index (χ2v) is 5.32. The monoisotopic (exact) mass is 226 g/mol. The summed E-state index contributed by atoms with van der Waals surface area (Å²) in [6.45, 7) is 1.00. The summed E-state index contributed by atoms with van der Waals surface area (Å²) in [4.78, 5) is 11.3. The Kier molecular flexibility index (Phi) is 3.50. The second-order valence-electron chi connectivity index (χ2n) is 5.32. The highest BCUT2D eigenvalue weighted by molar-refractivity contribution is 5.85. The molecule has 1 amide bonds. The molecule has 0 heterocycles. The molecule has 0 radical (unpaired) electrons. The van der Waals surface area contributed by atoms with Crippen molar-refractivity contribution in [3.63, 3.8) is 0 Å². The maximum absolute atomic E-state index is 11.3. The largest absolute Gasteiger partial charge is 0.379 e. The van der Waals surface area contributed by atoms with Crippen molar-refractivity contribution < 1.29 is 9.53 Å². The number of ether oxygens (including phenoxy) is 1. The van der Waals surface area contributed by atoms with Gasteiger partial charge in [0.15, 0.2) is 0 Å². The normalized spacial score (nSPS) is 24.8. The summed E-state index contributed by atoms with van der Waals surface area (Å²) in [5, 5.41) is 0. The van der Waals surface area contributed by atoms with Crippen molar-refractivity contribution in [2.45, 2.75) is 44.1 Å². The molecule has 2 saturated carbocycles. The zero-order valence-electron chi connectivity index (χ0n) is 9.78. The zero-order valence-corrected chi connectivity index (χ0v) is 9.78. The summed E-state index contributed by atoms with van der Waals surface area (Å²) in [7, 11) is 0. The van der Waals surface area contributed by atoms with E-state index in [1.807, 2.05) is 0 Å². The first-order chi connectivity index (χ1) is 7.63. The van der Waals surface area contributed by atoms with E-state index in [-0.39, 0.29) is 5.92 Å². The van der Waals surface area contributed by atoms with Crippen molar-refractivity contribution in [3.05, 3.63) is 0 Å². The lowest BCUT2D eigenvalue weighted by Gasteiger charge is -2.28. The van der Waals surface area contributed by atoms with Gasteiger partial charge in [0, 0.05) is 6.61 Å². The van der Waals surface area contributed by atoms with Crippen LogP contribution in [-0.4, -0.2) is 24.7 Å². The molecule has 2 fully saturated rings. The number of carbonyl (C=O) groups excluding carboxylic acids is 1. The van der Waals surface area contributed by atoms with E-state index in [1.54, 1.807) is 0 Å². The first-order valence-corrected chi connectivity index (χ1v) is 6.29. The quantitative estimate of drug-likeness (QED) is 0.630. The molecule has 2 aliphatic carbocycles. The van der Waals surface area contributed by atoms with E-state index in [0.29, 0.717) is 13.2 Å². The van der Waals surface area contributed by atoms with Gasteiger partial charge >= 0.3 is 0 Å². The summed E-state index contributed by atoms with van der Waals surface area (Å²) in [5.41, 5.74) is 10.4. The van der Waals surface area contributed by atoms with Gasteiger partial charge in [0.1, 0.15) is 5.54 Å². The Morgan fingerprint density at radius 1 is 1.31 bits per heavy atom. The van der Waals surface area contributed by atoms with Crippen LogP contribution in [-0.2, 0) is 9.53 Å². The topological polar surface area (TPSA) is 78.3 Å². The standard InChI is InChI=1S/C12H22N2O2/c13-11(15)12(14,10-4-5-10)8-16-7-6-9-2-1-3-9/h9-10H,1-8,14H2,(H2,13,15). The van der Waals surface area contributed by atoms with Gasteiger partial charge in [0.2, 0.25) is 5.91 Å². The average Bonchev–Trinajstić information content (AvgIpc) is 2.97. The fraction of sp³-hybridized carbons (Fsp3) is 0.917. The number of rotatable bonds is 7. The van der Waals surface area contributed by atoms with Crippen molar-refractivity contribution in [2.75, 3.05) is 13.2 Å². The smallest absolute Gasteiger partial charge is 0.240 e. The fourth-order valence-corrected chi connectivity index (χ4v) is 2.26. The Bertz CT molecular complexity index is 262. The fourth-order valence-electron chi connectivity index (χ4n) is 2.26. The molecule has 0 aromatic heterocycles. The van der Waals surface area contributed by atoms with Crippen LogP contribution in [0.15, 0.2) is 0 Å². The molecule has 4 N–H and O–H groups in total. The van der Waals surface area contributed by atoms with Crippen LogP contribution in [0.3, 0.4) is 0 Å². The average molecular weight is 226 g/mol. The summed E-state index contributed by atoms with van der Waals surface area (Å²) >= 11 is 0. The van der Waals surface area contributed by atoms with Gasteiger partial charge in [-0.1, -0.05) is 19.3 Å². The molecule has 16 heavy (non-hydrogen) atoms. The minimum Gasteiger partial charge on any atom is -0.379 e.